The minimum absolute atomic E-state index is 0.0182. The number of methoxy groups -OCH3 is 3. The van der Waals surface area contributed by atoms with Crippen LogP contribution in [-0.4, -0.2) is 49.8 Å². The second-order valence-electron chi connectivity index (χ2n) is 8.11. The zero-order chi connectivity index (χ0) is 24.3. The number of rotatable bonds is 10. The van der Waals surface area contributed by atoms with Crippen molar-refractivity contribution in [1.29, 1.82) is 0 Å². The number of carbonyl (C=O) groups excluding carboxylic acids is 1. The lowest BCUT2D eigenvalue weighted by molar-refractivity contribution is -0.146. The van der Waals surface area contributed by atoms with Crippen LogP contribution in [0.25, 0.3) is 0 Å². The minimum atomic E-state index is -3.94. The first kappa shape index (κ1) is 23.8. The van der Waals surface area contributed by atoms with Gasteiger partial charge in [0.05, 0.1) is 27.5 Å². The molecule has 0 amide bonds. The van der Waals surface area contributed by atoms with E-state index < -0.39 is 21.5 Å². The van der Waals surface area contributed by atoms with Crippen LogP contribution in [0, 0.1) is 0 Å². The Balaban J connectivity index is 1.65. The molecule has 1 fully saturated rings. The molecule has 1 aliphatic carbocycles. The van der Waals surface area contributed by atoms with E-state index in [1.807, 2.05) is 24.3 Å². The van der Waals surface area contributed by atoms with Crippen LogP contribution in [0.4, 0.5) is 0 Å². The van der Waals surface area contributed by atoms with E-state index in [0.717, 1.165) is 11.1 Å². The van der Waals surface area contributed by atoms with Crippen LogP contribution in [0.15, 0.2) is 65.8 Å². The predicted octanol–water partition coefficient (Wildman–Crippen LogP) is 2.95. The third kappa shape index (κ3) is 4.64. The number of aromatic nitrogens is 2. The molecule has 1 aromatic heterocycles. The molecule has 3 aromatic rings. The van der Waals surface area contributed by atoms with Crippen LogP contribution in [0.3, 0.4) is 0 Å². The first-order valence-electron chi connectivity index (χ1n) is 10.7. The molecule has 2 aromatic carbocycles. The van der Waals surface area contributed by atoms with E-state index in [9.17, 15) is 13.2 Å². The molecule has 9 nitrogen and oxygen atoms in total. The average molecular weight is 486 g/mol. The number of hydrogen-bond donors (Lipinski definition) is 0. The van der Waals surface area contributed by atoms with Crippen molar-refractivity contribution in [2.45, 2.75) is 36.4 Å². The Morgan fingerprint density at radius 2 is 1.44 bits per heavy atom. The molecule has 0 saturated heterocycles. The first-order valence-corrected chi connectivity index (χ1v) is 12.2. The fourth-order valence-corrected chi connectivity index (χ4v) is 5.10. The van der Waals surface area contributed by atoms with E-state index in [1.54, 1.807) is 38.5 Å². The summed E-state index contributed by atoms with van der Waals surface area (Å²) in [6.07, 6.45) is 3.81. The predicted molar refractivity (Wildman–Crippen MR) is 124 cm³/mol. The highest BCUT2D eigenvalue weighted by Gasteiger charge is 2.54. The Labute approximate surface area is 198 Å². The highest BCUT2D eigenvalue weighted by Crippen LogP contribution is 2.44. The number of benzene rings is 2. The molecule has 1 aliphatic rings. The van der Waals surface area contributed by atoms with Gasteiger partial charge in [-0.25, -0.2) is 13.2 Å². The molecule has 0 N–H and O–H groups in total. The first-order chi connectivity index (χ1) is 16.3. The number of sulfonamides is 1. The van der Waals surface area contributed by atoms with E-state index >= 15 is 0 Å². The molecule has 0 spiro atoms. The van der Waals surface area contributed by atoms with Gasteiger partial charge in [0.15, 0.2) is 5.54 Å². The summed E-state index contributed by atoms with van der Waals surface area (Å²) in [7, 11) is 0.532. The Morgan fingerprint density at radius 1 is 0.941 bits per heavy atom. The summed E-state index contributed by atoms with van der Waals surface area (Å²) < 4.78 is 45.5. The average Bonchev–Trinajstić information content (AvgIpc) is 3.51. The van der Waals surface area contributed by atoms with Crippen molar-refractivity contribution in [3.63, 3.8) is 0 Å². The molecular formula is C24H27N3O6S. The van der Waals surface area contributed by atoms with Crippen LogP contribution in [-0.2, 0) is 38.2 Å². The van der Waals surface area contributed by atoms with Gasteiger partial charge < -0.3 is 14.2 Å². The van der Waals surface area contributed by atoms with E-state index in [-0.39, 0.29) is 18.0 Å². The number of nitrogens with zero attached hydrogens (tertiary/aromatic N) is 3. The molecule has 0 aliphatic heterocycles. The lowest BCUT2D eigenvalue weighted by Gasteiger charge is -2.22. The third-order valence-electron chi connectivity index (χ3n) is 5.96. The Morgan fingerprint density at radius 3 is 1.85 bits per heavy atom. The molecule has 4 rings (SSSR count). The summed E-state index contributed by atoms with van der Waals surface area (Å²) in [6, 6.07) is 14.5. The Kier molecular flexibility index (Phi) is 6.63. The van der Waals surface area contributed by atoms with Crippen LogP contribution in [0.2, 0.25) is 0 Å². The van der Waals surface area contributed by atoms with Crippen molar-refractivity contribution in [2.75, 3.05) is 21.3 Å². The summed E-state index contributed by atoms with van der Waals surface area (Å²) in [5.41, 5.74) is 0.691. The highest BCUT2D eigenvalue weighted by molar-refractivity contribution is 7.89. The van der Waals surface area contributed by atoms with Crippen LogP contribution in [0.1, 0.15) is 24.0 Å². The number of hydrogen-bond acceptors (Lipinski definition) is 7. The van der Waals surface area contributed by atoms with Gasteiger partial charge in [-0.05, 0) is 48.2 Å². The van der Waals surface area contributed by atoms with E-state index in [0.29, 0.717) is 24.3 Å². The third-order valence-corrected chi connectivity index (χ3v) is 7.70. The normalized spacial score (nSPS) is 14.6. The maximum absolute atomic E-state index is 13.7. The SMILES string of the molecule is COC(=O)C1(n2cc(S(=O)(=O)N(Cc3ccc(OC)cc3)Cc3ccc(OC)cc3)cn2)CC1. The number of ether oxygens (including phenoxy) is 3. The van der Waals surface area contributed by atoms with Gasteiger partial charge in [-0.2, -0.15) is 9.40 Å². The van der Waals surface area contributed by atoms with Crippen LogP contribution < -0.4 is 9.47 Å². The van der Waals surface area contributed by atoms with Gasteiger partial charge in [0.1, 0.15) is 16.4 Å². The summed E-state index contributed by atoms with van der Waals surface area (Å²) in [5, 5.41) is 4.20. The molecule has 10 heteroatoms. The van der Waals surface area contributed by atoms with E-state index in [2.05, 4.69) is 5.10 Å². The molecule has 0 bridgehead atoms. The monoisotopic (exact) mass is 485 g/mol. The fourth-order valence-electron chi connectivity index (χ4n) is 3.75. The van der Waals surface area contributed by atoms with Crippen molar-refractivity contribution in [3.8, 4) is 11.5 Å². The Hall–Kier alpha value is -3.37. The van der Waals surface area contributed by atoms with Crippen molar-refractivity contribution in [3.05, 3.63) is 72.1 Å². The lowest BCUT2D eigenvalue weighted by atomic mass is 10.2. The quantitative estimate of drug-likeness (QED) is 0.407. The second-order valence-corrected chi connectivity index (χ2v) is 10.1. The minimum Gasteiger partial charge on any atom is -0.497 e. The van der Waals surface area contributed by atoms with E-state index in [4.69, 9.17) is 14.2 Å². The summed E-state index contributed by atoms with van der Waals surface area (Å²) in [4.78, 5) is 12.2. The summed E-state index contributed by atoms with van der Waals surface area (Å²) in [5.74, 6) is 0.951. The van der Waals surface area contributed by atoms with Crippen LogP contribution in [0.5, 0.6) is 11.5 Å². The lowest BCUT2D eigenvalue weighted by Crippen LogP contribution is -2.31. The van der Waals surface area contributed by atoms with Gasteiger partial charge in [-0.1, -0.05) is 24.3 Å². The topological polar surface area (TPSA) is 100.0 Å². The van der Waals surface area contributed by atoms with Gasteiger partial charge in [0, 0.05) is 19.3 Å². The summed E-state index contributed by atoms with van der Waals surface area (Å²) in [6.45, 7) is 0.289. The molecule has 0 radical (unpaired) electrons. The molecule has 0 atom stereocenters. The van der Waals surface area contributed by atoms with Gasteiger partial charge in [-0.15, -0.1) is 0 Å². The number of carbonyl (C=O) groups is 1. The molecular weight excluding hydrogens is 458 g/mol. The van der Waals surface area contributed by atoms with Gasteiger partial charge >= 0.3 is 5.97 Å². The van der Waals surface area contributed by atoms with E-state index in [1.165, 1.54) is 28.5 Å². The molecule has 180 valence electrons. The Bertz CT molecular complexity index is 1200. The second kappa shape index (κ2) is 9.47. The van der Waals surface area contributed by atoms with Gasteiger partial charge in [-0.3, -0.25) is 4.68 Å². The number of esters is 1. The summed E-state index contributed by atoms with van der Waals surface area (Å²) >= 11 is 0. The largest absolute Gasteiger partial charge is 0.497 e. The molecule has 1 heterocycles. The van der Waals surface area contributed by atoms with Crippen molar-refractivity contribution >= 4 is 16.0 Å². The standard InChI is InChI=1S/C24H27N3O6S/c1-31-20-8-4-18(5-9-20)15-26(16-19-6-10-21(32-2)11-7-19)34(29,30)22-14-25-27(17-22)24(12-13-24)23(28)33-3/h4-11,14,17H,12-13,15-16H2,1-3H3. The van der Waals surface area contributed by atoms with Gasteiger partial charge in [0.25, 0.3) is 0 Å². The zero-order valence-electron chi connectivity index (χ0n) is 19.3. The van der Waals surface area contributed by atoms with Crippen LogP contribution >= 0.6 is 0 Å². The zero-order valence-corrected chi connectivity index (χ0v) is 20.1. The molecule has 1 saturated carbocycles. The van der Waals surface area contributed by atoms with Gasteiger partial charge in [0.2, 0.25) is 10.0 Å². The van der Waals surface area contributed by atoms with Crippen molar-refractivity contribution in [1.82, 2.24) is 14.1 Å². The molecule has 34 heavy (non-hydrogen) atoms. The van der Waals surface area contributed by atoms with Crippen molar-refractivity contribution < 1.29 is 27.4 Å². The maximum atomic E-state index is 13.7. The molecule has 0 unspecified atom stereocenters. The fraction of sp³-hybridized carbons (Fsp3) is 0.333. The van der Waals surface area contributed by atoms with Crippen molar-refractivity contribution in [2.24, 2.45) is 0 Å². The smallest absolute Gasteiger partial charge is 0.333 e. The highest BCUT2D eigenvalue weighted by atomic mass is 32.2. The maximum Gasteiger partial charge on any atom is 0.333 e.